The van der Waals surface area contributed by atoms with E-state index in [2.05, 4.69) is 21.2 Å². The number of rotatable bonds is 10. The smallest absolute Gasteiger partial charge is 0.261 e. The van der Waals surface area contributed by atoms with Crippen LogP contribution in [0.25, 0.3) is 0 Å². The second kappa shape index (κ2) is 11.6. The van der Waals surface area contributed by atoms with E-state index in [1.165, 1.54) is 0 Å². The Hall–Kier alpha value is -2.34. The van der Waals surface area contributed by atoms with Gasteiger partial charge in [0, 0.05) is 17.1 Å². The van der Waals surface area contributed by atoms with Crippen molar-refractivity contribution in [1.82, 2.24) is 10.2 Å². The van der Waals surface area contributed by atoms with Crippen LogP contribution < -0.4 is 10.1 Å². The molecular weight excluding hydrogens is 432 g/mol. The van der Waals surface area contributed by atoms with Crippen LogP contribution >= 0.6 is 15.9 Å². The Morgan fingerprint density at radius 2 is 1.72 bits per heavy atom. The lowest BCUT2D eigenvalue weighted by atomic mass is 10.1. The highest BCUT2D eigenvalue weighted by Crippen LogP contribution is 2.16. The van der Waals surface area contributed by atoms with Crippen LogP contribution in [0.15, 0.2) is 59.1 Å². The number of nitrogens with one attached hydrogen (secondary N) is 1. The molecule has 0 bridgehead atoms. The Balaban J connectivity index is 2.05. The molecule has 0 aliphatic heterocycles. The van der Waals surface area contributed by atoms with Gasteiger partial charge in [0.25, 0.3) is 5.91 Å². The van der Waals surface area contributed by atoms with E-state index in [1.54, 1.807) is 24.0 Å². The van der Waals surface area contributed by atoms with Gasteiger partial charge in [-0.3, -0.25) is 9.59 Å². The van der Waals surface area contributed by atoms with E-state index in [1.807, 2.05) is 56.3 Å². The van der Waals surface area contributed by atoms with Crippen LogP contribution in [0, 0.1) is 0 Å². The second-order valence-electron chi connectivity index (χ2n) is 7.06. The van der Waals surface area contributed by atoms with Gasteiger partial charge in [-0.15, -0.1) is 0 Å². The molecule has 0 unspecified atom stereocenters. The van der Waals surface area contributed by atoms with Crippen LogP contribution in [0.1, 0.15) is 32.8 Å². The molecule has 0 radical (unpaired) electrons. The van der Waals surface area contributed by atoms with E-state index in [0.717, 1.165) is 16.5 Å². The Morgan fingerprint density at radius 3 is 2.34 bits per heavy atom. The summed E-state index contributed by atoms with van der Waals surface area (Å²) in [6.07, 6.45) is 1.51. The maximum absolute atomic E-state index is 12.9. The van der Waals surface area contributed by atoms with Crippen molar-refractivity contribution in [1.29, 1.82) is 0 Å². The lowest BCUT2D eigenvalue weighted by molar-refractivity contribution is -0.141. The lowest BCUT2D eigenvalue weighted by Crippen LogP contribution is -2.51. The summed E-state index contributed by atoms with van der Waals surface area (Å²) in [5.74, 6) is 0.251. The van der Waals surface area contributed by atoms with Crippen LogP contribution in [0.5, 0.6) is 5.75 Å². The highest BCUT2D eigenvalue weighted by molar-refractivity contribution is 9.10. The Labute approximate surface area is 181 Å². The van der Waals surface area contributed by atoms with Crippen molar-refractivity contribution in [2.45, 2.75) is 45.7 Å². The van der Waals surface area contributed by atoms with Gasteiger partial charge in [0.15, 0.2) is 6.61 Å². The quantitative estimate of drug-likeness (QED) is 0.577. The monoisotopic (exact) mass is 460 g/mol. The number of halogens is 1. The van der Waals surface area contributed by atoms with Crippen molar-refractivity contribution in [3.05, 3.63) is 64.6 Å². The molecule has 6 heteroatoms. The average molecular weight is 461 g/mol. The second-order valence-corrected chi connectivity index (χ2v) is 7.97. The lowest BCUT2D eigenvalue weighted by Gasteiger charge is -2.29. The molecule has 156 valence electrons. The fraction of sp³-hybridized carbons (Fsp3) is 0.391. The molecule has 0 saturated carbocycles. The van der Waals surface area contributed by atoms with Crippen LogP contribution in [0.3, 0.4) is 0 Å². The highest BCUT2D eigenvalue weighted by atomic mass is 79.9. The van der Waals surface area contributed by atoms with E-state index in [-0.39, 0.29) is 24.5 Å². The molecule has 5 nitrogen and oxygen atoms in total. The minimum atomic E-state index is -0.575. The number of ether oxygens (including phenoxy) is 1. The van der Waals surface area contributed by atoms with Gasteiger partial charge in [-0.05, 0) is 56.5 Å². The Kier molecular flexibility index (Phi) is 9.19. The minimum absolute atomic E-state index is 0.0649. The minimum Gasteiger partial charge on any atom is -0.484 e. The fourth-order valence-electron chi connectivity index (χ4n) is 2.79. The molecular formula is C23H29BrN2O3. The van der Waals surface area contributed by atoms with E-state index in [4.69, 9.17) is 4.74 Å². The zero-order valence-electron chi connectivity index (χ0n) is 17.2. The number of carbonyl (C=O) groups is 2. The maximum atomic E-state index is 12.9. The number of carbonyl (C=O) groups excluding carboxylic acids is 2. The van der Waals surface area contributed by atoms with Crippen molar-refractivity contribution in [2.24, 2.45) is 0 Å². The standard InChI is InChI=1S/C23H29BrN2O3/c1-4-17(2)25-23(28)18(3)26(15-14-19-8-6-5-7-9-19)22(27)16-29-21-12-10-20(24)11-13-21/h5-13,17-18H,4,14-16H2,1-3H3,(H,25,28)/t17-,18-/m1/s1. The molecule has 29 heavy (non-hydrogen) atoms. The summed E-state index contributed by atoms with van der Waals surface area (Å²) in [4.78, 5) is 27.1. The number of hydrogen-bond acceptors (Lipinski definition) is 3. The molecule has 2 aromatic carbocycles. The number of hydrogen-bond donors (Lipinski definition) is 1. The number of nitrogens with zero attached hydrogens (tertiary/aromatic N) is 1. The fourth-order valence-corrected chi connectivity index (χ4v) is 3.06. The van der Waals surface area contributed by atoms with Gasteiger partial charge < -0.3 is 15.0 Å². The zero-order chi connectivity index (χ0) is 21.2. The molecule has 2 aromatic rings. The molecule has 0 saturated heterocycles. The van der Waals surface area contributed by atoms with E-state index >= 15 is 0 Å². The summed E-state index contributed by atoms with van der Waals surface area (Å²) in [7, 11) is 0. The Morgan fingerprint density at radius 1 is 1.07 bits per heavy atom. The van der Waals surface area contributed by atoms with Gasteiger partial charge in [-0.25, -0.2) is 0 Å². The highest BCUT2D eigenvalue weighted by Gasteiger charge is 2.26. The van der Waals surface area contributed by atoms with Gasteiger partial charge in [0.05, 0.1) is 0 Å². The third-order valence-electron chi connectivity index (χ3n) is 4.83. The van der Waals surface area contributed by atoms with Crippen LogP contribution in [-0.4, -0.2) is 41.9 Å². The predicted octanol–water partition coefficient (Wildman–Crippen LogP) is 4.20. The summed E-state index contributed by atoms with van der Waals surface area (Å²) in [5.41, 5.74) is 1.12. The molecule has 1 N–H and O–H groups in total. The van der Waals surface area contributed by atoms with Gasteiger partial charge in [0.2, 0.25) is 5.91 Å². The predicted molar refractivity (Wildman–Crippen MR) is 119 cm³/mol. The first kappa shape index (κ1) is 22.9. The molecule has 0 aromatic heterocycles. The third-order valence-corrected chi connectivity index (χ3v) is 5.36. The largest absolute Gasteiger partial charge is 0.484 e. The van der Waals surface area contributed by atoms with E-state index < -0.39 is 6.04 Å². The van der Waals surface area contributed by atoms with Crippen LogP contribution in [-0.2, 0) is 16.0 Å². The zero-order valence-corrected chi connectivity index (χ0v) is 18.8. The van der Waals surface area contributed by atoms with Gasteiger partial charge in [0.1, 0.15) is 11.8 Å². The summed E-state index contributed by atoms with van der Waals surface area (Å²) >= 11 is 3.38. The van der Waals surface area contributed by atoms with Gasteiger partial charge in [-0.1, -0.05) is 53.2 Å². The first-order valence-electron chi connectivity index (χ1n) is 9.92. The molecule has 2 amide bonds. The summed E-state index contributed by atoms with van der Waals surface area (Å²) < 4.78 is 6.58. The molecule has 0 aliphatic carbocycles. The molecule has 2 rings (SSSR count). The molecule has 0 spiro atoms. The van der Waals surface area contributed by atoms with Gasteiger partial charge >= 0.3 is 0 Å². The SMILES string of the molecule is CC[C@@H](C)NC(=O)[C@@H](C)N(CCc1ccccc1)C(=O)COc1ccc(Br)cc1. The first-order valence-corrected chi connectivity index (χ1v) is 10.7. The normalized spacial score (nSPS) is 12.7. The molecule has 0 aliphatic rings. The number of benzene rings is 2. The molecule has 2 atom stereocenters. The molecule has 0 fully saturated rings. The van der Waals surface area contributed by atoms with Gasteiger partial charge in [-0.2, -0.15) is 0 Å². The first-order chi connectivity index (χ1) is 13.9. The third kappa shape index (κ3) is 7.54. The van der Waals surface area contributed by atoms with Crippen molar-refractivity contribution in [3.63, 3.8) is 0 Å². The average Bonchev–Trinajstić information content (AvgIpc) is 2.73. The van der Waals surface area contributed by atoms with E-state index in [9.17, 15) is 9.59 Å². The summed E-state index contributed by atoms with van der Waals surface area (Å²) in [6.45, 7) is 6.07. The van der Waals surface area contributed by atoms with Crippen LogP contribution in [0.2, 0.25) is 0 Å². The topological polar surface area (TPSA) is 58.6 Å². The summed E-state index contributed by atoms with van der Waals surface area (Å²) in [6, 6.07) is 16.7. The van der Waals surface area contributed by atoms with Crippen molar-refractivity contribution in [2.75, 3.05) is 13.2 Å². The Bertz CT molecular complexity index is 780. The van der Waals surface area contributed by atoms with Crippen molar-refractivity contribution < 1.29 is 14.3 Å². The van der Waals surface area contributed by atoms with Crippen LogP contribution in [0.4, 0.5) is 0 Å². The number of amides is 2. The van der Waals surface area contributed by atoms with Crippen molar-refractivity contribution >= 4 is 27.7 Å². The summed E-state index contributed by atoms with van der Waals surface area (Å²) in [5, 5.41) is 2.96. The molecule has 0 heterocycles. The van der Waals surface area contributed by atoms with E-state index in [0.29, 0.717) is 18.7 Å². The maximum Gasteiger partial charge on any atom is 0.261 e. The van der Waals surface area contributed by atoms with Crippen molar-refractivity contribution in [3.8, 4) is 5.75 Å².